The predicted molar refractivity (Wildman–Crippen MR) is 159 cm³/mol. The Morgan fingerprint density at radius 3 is 2.10 bits per heavy atom. The molecule has 2 saturated heterocycles. The Balaban J connectivity index is 1.64. The van der Waals surface area contributed by atoms with Gasteiger partial charge in [-0.3, -0.25) is 19.2 Å². The van der Waals surface area contributed by atoms with E-state index in [-0.39, 0.29) is 41.5 Å². The van der Waals surface area contributed by atoms with Gasteiger partial charge in [-0.2, -0.15) is 0 Å². The van der Waals surface area contributed by atoms with Gasteiger partial charge in [0.2, 0.25) is 23.6 Å². The molecule has 1 aromatic rings. The number of unbranched alkanes of at least 4 members (excludes halogenated alkanes) is 1. The quantitative estimate of drug-likeness (QED) is 0.249. The number of hydrogen-bond acceptors (Lipinski definition) is 6. The van der Waals surface area contributed by atoms with Crippen LogP contribution in [0.2, 0.25) is 0 Å². The first-order valence-electron chi connectivity index (χ1n) is 15.2. The highest BCUT2D eigenvalue weighted by molar-refractivity contribution is 5.92. The van der Waals surface area contributed by atoms with Crippen molar-refractivity contribution < 1.29 is 19.2 Å². The molecule has 10 nitrogen and oxygen atoms in total. The van der Waals surface area contributed by atoms with Crippen LogP contribution >= 0.6 is 0 Å². The van der Waals surface area contributed by atoms with Crippen molar-refractivity contribution in [2.24, 2.45) is 28.7 Å². The third-order valence-corrected chi connectivity index (χ3v) is 8.52. The van der Waals surface area contributed by atoms with Crippen LogP contribution in [0.4, 0.5) is 0 Å². The molecular formula is C31H50N6O4. The SMILES string of the molecule is CC(=O)N1CC2(CCN(C(=O)C(CCCCN)NC(=O)[C@@H](CC(C)C)NC(=O)C(CN)Cc3ccccc3)CC2)C1. The van der Waals surface area contributed by atoms with E-state index in [1.54, 1.807) is 6.92 Å². The van der Waals surface area contributed by atoms with Gasteiger partial charge in [-0.15, -0.1) is 0 Å². The highest BCUT2D eigenvalue weighted by atomic mass is 16.2. The van der Waals surface area contributed by atoms with Crippen LogP contribution in [0.25, 0.3) is 0 Å². The maximum atomic E-state index is 13.7. The van der Waals surface area contributed by atoms with E-state index >= 15 is 0 Å². The molecule has 1 spiro atoms. The third-order valence-electron chi connectivity index (χ3n) is 8.52. The minimum absolute atomic E-state index is 0.0912. The Bertz CT molecular complexity index is 1020. The number of benzene rings is 1. The van der Waals surface area contributed by atoms with Gasteiger partial charge in [-0.1, -0.05) is 44.2 Å². The number of nitrogens with one attached hydrogen (secondary N) is 2. The zero-order valence-electron chi connectivity index (χ0n) is 25.1. The lowest BCUT2D eigenvalue weighted by atomic mass is 9.72. The Kier molecular flexibility index (Phi) is 12.1. The Morgan fingerprint density at radius 1 is 0.902 bits per heavy atom. The van der Waals surface area contributed by atoms with Crippen LogP contribution < -0.4 is 22.1 Å². The summed E-state index contributed by atoms with van der Waals surface area (Å²) in [5.74, 6) is -0.918. The smallest absolute Gasteiger partial charge is 0.245 e. The first-order chi connectivity index (χ1) is 19.6. The standard InChI is InChI=1S/C31H50N6O4/c1-22(2)17-27(35-28(39)25(19-33)18-24-9-5-4-6-10-24)29(40)34-26(11-7-8-14-32)30(41)36-15-12-31(13-16-36)20-37(21-31)23(3)38/h4-6,9-10,22,25-27H,7-8,11-21,32-33H2,1-3H3,(H,34,40)(H,35,39)/t25?,26?,27-/m1/s1. The number of nitrogens with two attached hydrogens (primary N) is 2. The molecule has 2 fully saturated rings. The summed E-state index contributed by atoms with van der Waals surface area (Å²) in [5, 5.41) is 5.93. The average Bonchev–Trinajstić information content (AvgIpc) is 2.93. The molecule has 2 unspecified atom stereocenters. The molecule has 4 amide bonds. The summed E-state index contributed by atoms with van der Waals surface area (Å²) in [6.45, 7) is 9.00. The summed E-state index contributed by atoms with van der Waals surface area (Å²) < 4.78 is 0. The van der Waals surface area contributed by atoms with Gasteiger partial charge in [0, 0.05) is 45.1 Å². The fourth-order valence-corrected chi connectivity index (χ4v) is 5.92. The monoisotopic (exact) mass is 570 g/mol. The van der Waals surface area contributed by atoms with Gasteiger partial charge >= 0.3 is 0 Å². The van der Waals surface area contributed by atoms with Crippen molar-refractivity contribution >= 4 is 23.6 Å². The number of hydrogen-bond donors (Lipinski definition) is 4. The van der Waals surface area contributed by atoms with Gasteiger partial charge in [0.05, 0.1) is 5.92 Å². The topological polar surface area (TPSA) is 151 Å². The van der Waals surface area contributed by atoms with Gasteiger partial charge in [0.1, 0.15) is 12.1 Å². The molecule has 0 radical (unpaired) electrons. The average molecular weight is 571 g/mol. The van der Waals surface area contributed by atoms with Crippen molar-refractivity contribution in [3.63, 3.8) is 0 Å². The molecule has 2 aliphatic rings. The normalized spacial score (nSPS) is 18.4. The van der Waals surface area contributed by atoms with E-state index in [4.69, 9.17) is 11.5 Å². The summed E-state index contributed by atoms with van der Waals surface area (Å²) >= 11 is 0. The molecule has 41 heavy (non-hydrogen) atoms. The van der Waals surface area contributed by atoms with E-state index in [0.717, 1.165) is 37.9 Å². The second-order valence-electron chi connectivity index (χ2n) is 12.4. The number of likely N-dealkylation sites (tertiary alicyclic amines) is 2. The number of carbonyl (C=O) groups excluding carboxylic acids is 4. The molecular weight excluding hydrogens is 520 g/mol. The zero-order valence-corrected chi connectivity index (χ0v) is 25.1. The molecule has 0 bridgehead atoms. The second-order valence-corrected chi connectivity index (χ2v) is 12.4. The molecule has 6 N–H and O–H groups in total. The molecule has 0 aromatic heterocycles. The van der Waals surface area contributed by atoms with Gasteiger partial charge < -0.3 is 31.9 Å². The summed E-state index contributed by atoms with van der Waals surface area (Å²) in [6, 6.07) is 8.23. The van der Waals surface area contributed by atoms with E-state index in [0.29, 0.717) is 45.3 Å². The molecule has 0 aliphatic carbocycles. The lowest BCUT2D eigenvalue weighted by Gasteiger charge is -2.54. The minimum Gasteiger partial charge on any atom is -0.344 e. The summed E-state index contributed by atoms with van der Waals surface area (Å²) in [7, 11) is 0. The minimum atomic E-state index is -0.769. The van der Waals surface area contributed by atoms with E-state index < -0.39 is 18.0 Å². The van der Waals surface area contributed by atoms with Crippen molar-refractivity contribution in [2.45, 2.75) is 77.8 Å². The molecule has 1 aromatic carbocycles. The maximum Gasteiger partial charge on any atom is 0.245 e. The molecule has 228 valence electrons. The van der Waals surface area contributed by atoms with E-state index in [9.17, 15) is 19.2 Å². The molecule has 10 heteroatoms. The molecule has 3 atom stereocenters. The van der Waals surface area contributed by atoms with Gasteiger partial charge in [-0.25, -0.2) is 0 Å². The van der Waals surface area contributed by atoms with Gasteiger partial charge in [0.15, 0.2) is 0 Å². The number of piperidine rings is 1. The first-order valence-corrected chi connectivity index (χ1v) is 15.2. The Morgan fingerprint density at radius 2 is 1.54 bits per heavy atom. The molecule has 2 heterocycles. The largest absolute Gasteiger partial charge is 0.344 e. The number of nitrogens with zero attached hydrogens (tertiary/aromatic N) is 2. The van der Waals surface area contributed by atoms with Gasteiger partial charge in [0.25, 0.3) is 0 Å². The summed E-state index contributed by atoms with van der Waals surface area (Å²) in [6.07, 6.45) is 4.59. The van der Waals surface area contributed by atoms with E-state index in [1.807, 2.05) is 54.0 Å². The highest BCUT2D eigenvalue weighted by Crippen LogP contribution is 2.40. The van der Waals surface area contributed by atoms with E-state index in [1.165, 1.54) is 0 Å². The lowest BCUT2D eigenvalue weighted by Crippen LogP contribution is -2.63. The number of carbonyl (C=O) groups is 4. The molecule has 0 saturated carbocycles. The maximum absolute atomic E-state index is 13.7. The van der Waals surface area contributed by atoms with Crippen LogP contribution in [-0.4, -0.2) is 84.8 Å². The fraction of sp³-hybridized carbons (Fsp3) is 0.677. The van der Waals surface area contributed by atoms with Crippen LogP contribution in [0.15, 0.2) is 30.3 Å². The molecule has 2 aliphatic heterocycles. The van der Waals surface area contributed by atoms with Crippen LogP contribution in [0.5, 0.6) is 0 Å². The van der Waals surface area contributed by atoms with Crippen molar-refractivity contribution in [3.05, 3.63) is 35.9 Å². The number of amides is 4. The summed E-state index contributed by atoms with van der Waals surface area (Å²) in [4.78, 5) is 55.8. The van der Waals surface area contributed by atoms with Crippen molar-refractivity contribution in [3.8, 4) is 0 Å². The highest BCUT2D eigenvalue weighted by Gasteiger charge is 2.47. The third kappa shape index (κ3) is 9.26. The van der Waals surface area contributed by atoms with E-state index in [2.05, 4.69) is 10.6 Å². The van der Waals surface area contributed by atoms with Crippen molar-refractivity contribution in [2.75, 3.05) is 39.3 Å². The Hall–Kier alpha value is -2.98. The first kappa shape index (κ1) is 32.5. The lowest BCUT2D eigenvalue weighted by molar-refractivity contribution is -0.149. The van der Waals surface area contributed by atoms with Crippen LogP contribution in [0.1, 0.15) is 64.9 Å². The van der Waals surface area contributed by atoms with Gasteiger partial charge in [-0.05, 0) is 63.0 Å². The van der Waals surface area contributed by atoms with Crippen LogP contribution in [-0.2, 0) is 25.6 Å². The van der Waals surface area contributed by atoms with Crippen molar-refractivity contribution in [1.29, 1.82) is 0 Å². The fourth-order valence-electron chi connectivity index (χ4n) is 5.92. The zero-order chi connectivity index (χ0) is 30.0. The van der Waals surface area contributed by atoms with Crippen LogP contribution in [0.3, 0.4) is 0 Å². The van der Waals surface area contributed by atoms with Crippen LogP contribution in [0, 0.1) is 17.3 Å². The van der Waals surface area contributed by atoms with Crippen molar-refractivity contribution in [1.82, 2.24) is 20.4 Å². The second kappa shape index (κ2) is 15.3. The number of rotatable bonds is 14. The Labute approximate surface area is 244 Å². The summed E-state index contributed by atoms with van der Waals surface area (Å²) in [5.41, 5.74) is 12.8. The predicted octanol–water partition coefficient (Wildman–Crippen LogP) is 1.42. The molecule has 3 rings (SSSR count).